The van der Waals surface area contributed by atoms with Crippen LogP contribution in [0.25, 0.3) is 4.85 Å². The van der Waals surface area contributed by atoms with E-state index >= 15 is 0 Å². The Labute approximate surface area is 165 Å². The zero-order valence-corrected chi connectivity index (χ0v) is 17.6. The van der Waals surface area contributed by atoms with Crippen molar-refractivity contribution < 1.29 is 14.3 Å². The number of allylic oxidation sites excluding steroid dienone is 2. The van der Waals surface area contributed by atoms with Crippen molar-refractivity contribution in [3.8, 4) is 0 Å². The highest BCUT2D eigenvalue weighted by Crippen LogP contribution is 2.55. The fourth-order valence-corrected chi connectivity index (χ4v) is 4.75. The van der Waals surface area contributed by atoms with Gasteiger partial charge in [0.15, 0.2) is 5.78 Å². The fourth-order valence-electron chi connectivity index (χ4n) is 4.75. The lowest BCUT2D eigenvalue weighted by Gasteiger charge is -2.49. The van der Waals surface area contributed by atoms with Gasteiger partial charge in [0.1, 0.15) is 11.4 Å². The fraction of sp³-hybridized carbons (Fsp3) is 0.619. The number of ketones is 1. The smallest absolute Gasteiger partial charge is 0.413 e. The quantitative estimate of drug-likeness (QED) is 0.743. The number of ether oxygens (including phenoxy) is 1. The van der Waals surface area contributed by atoms with E-state index in [4.69, 9.17) is 16.4 Å². The van der Waals surface area contributed by atoms with Crippen LogP contribution in [-0.4, -0.2) is 27.3 Å². The second-order valence-electron chi connectivity index (χ2n) is 9.49. The number of hydrogen-bond acceptors (Lipinski definition) is 4. The molecule has 2 aliphatic carbocycles. The summed E-state index contributed by atoms with van der Waals surface area (Å²) in [6, 6.07) is 0. The van der Waals surface area contributed by atoms with Crippen LogP contribution in [0.1, 0.15) is 59.2 Å². The molecule has 1 aromatic rings. The van der Waals surface area contributed by atoms with Crippen molar-refractivity contribution in [2.75, 3.05) is 5.32 Å². The lowest BCUT2D eigenvalue weighted by Crippen LogP contribution is -2.50. The summed E-state index contributed by atoms with van der Waals surface area (Å²) in [6.45, 7) is 18.8. The van der Waals surface area contributed by atoms with Crippen LogP contribution in [0.5, 0.6) is 0 Å². The molecule has 7 nitrogen and oxygen atoms in total. The van der Waals surface area contributed by atoms with Crippen molar-refractivity contribution in [2.45, 2.75) is 65.4 Å². The van der Waals surface area contributed by atoms with Crippen LogP contribution in [0.4, 0.5) is 10.6 Å². The molecule has 0 unspecified atom stereocenters. The predicted molar refractivity (Wildman–Crippen MR) is 106 cm³/mol. The van der Waals surface area contributed by atoms with Gasteiger partial charge in [0.05, 0.1) is 12.3 Å². The van der Waals surface area contributed by atoms with E-state index in [-0.39, 0.29) is 17.4 Å². The maximum atomic E-state index is 12.8. The summed E-state index contributed by atoms with van der Waals surface area (Å²) in [7, 11) is 1.78. The average molecular weight is 384 g/mol. The minimum Gasteiger partial charge on any atom is -0.444 e. The Bertz CT molecular complexity index is 927. The van der Waals surface area contributed by atoms with Crippen LogP contribution in [0, 0.1) is 17.9 Å². The van der Waals surface area contributed by atoms with Crippen LogP contribution in [0.3, 0.4) is 0 Å². The number of nitrogens with zero attached hydrogens (tertiary/aromatic N) is 3. The molecule has 28 heavy (non-hydrogen) atoms. The number of amides is 1. The molecule has 0 aromatic carbocycles. The Morgan fingerprint density at radius 3 is 2.61 bits per heavy atom. The first-order valence-electron chi connectivity index (χ1n) is 9.52. The Balaban J connectivity index is 2.07. The Kier molecular flexibility index (Phi) is 4.45. The van der Waals surface area contributed by atoms with E-state index in [1.54, 1.807) is 17.8 Å². The number of carbonyl (C=O) groups is 2. The Morgan fingerprint density at radius 1 is 1.39 bits per heavy atom. The summed E-state index contributed by atoms with van der Waals surface area (Å²) in [5.41, 5.74) is 0.148. The van der Waals surface area contributed by atoms with Gasteiger partial charge in [-0.1, -0.05) is 26.8 Å². The van der Waals surface area contributed by atoms with Gasteiger partial charge in [-0.3, -0.25) is 10.00 Å². The molecule has 7 heteroatoms. The lowest BCUT2D eigenvalue weighted by molar-refractivity contribution is -0.128. The van der Waals surface area contributed by atoms with Crippen molar-refractivity contribution in [3.05, 3.63) is 34.4 Å². The van der Waals surface area contributed by atoms with Crippen LogP contribution in [-0.2, 0) is 28.4 Å². The minimum atomic E-state index is -0.642. The Hall–Kier alpha value is -2.62. The molecule has 0 spiro atoms. The topological polar surface area (TPSA) is 77.6 Å². The highest BCUT2D eigenvalue weighted by atomic mass is 16.6. The van der Waals surface area contributed by atoms with E-state index in [2.05, 4.69) is 10.2 Å². The largest absolute Gasteiger partial charge is 0.444 e. The normalized spacial score (nSPS) is 25.9. The molecule has 0 fully saturated rings. The second-order valence-corrected chi connectivity index (χ2v) is 9.49. The van der Waals surface area contributed by atoms with Crippen LogP contribution in [0.15, 0.2) is 11.8 Å². The molecule has 1 amide bonds. The molecule has 1 heterocycles. The van der Waals surface area contributed by atoms with Gasteiger partial charge in [0.25, 0.3) is 0 Å². The SMILES string of the molecule is [C-]#[N+]C1=C[C@]2(C)c3nn(C)c(NC(=O)OC(C)(C)C)c3CC[C@H]2C(C)(C)C1=O. The molecule has 0 saturated carbocycles. The number of nitrogens with one attached hydrogen (secondary N) is 1. The molecule has 0 aliphatic heterocycles. The van der Waals surface area contributed by atoms with E-state index in [0.29, 0.717) is 12.2 Å². The maximum Gasteiger partial charge on any atom is 0.413 e. The highest BCUT2D eigenvalue weighted by molar-refractivity contribution is 6.02. The van der Waals surface area contributed by atoms with Crippen LogP contribution < -0.4 is 5.32 Å². The lowest BCUT2D eigenvalue weighted by atomic mass is 9.53. The van der Waals surface area contributed by atoms with Gasteiger partial charge in [0.2, 0.25) is 5.70 Å². The van der Waals surface area contributed by atoms with Crippen molar-refractivity contribution in [2.24, 2.45) is 18.4 Å². The van der Waals surface area contributed by atoms with E-state index in [0.717, 1.165) is 17.7 Å². The number of anilines is 1. The van der Waals surface area contributed by atoms with Crippen molar-refractivity contribution in [1.82, 2.24) is 9.78 Å². The van der Waals surface area contributed by atoms with Gasteiger partial charge >= 0.3 is 6.09 Å². The van der Waals surface area contributed by atoms with Crippen LogP contribution >= 0.6 is 0 Å². The molecular weight excluding hydrogens is 356 g/mol. The number of fused-ring (bicyclic) bond motifs is 3. The third-order valence-corrected chi connectivity index (χ3v) is 5.93. The van der Waals surface area contributed by atoms with Crippen molar-refractivity contribution in [1.29, 1.82) is 0 Å². The molecule has 1 aromatic heterocycles. The Morgan fingerprint density at radius 2 is 2.04 bits per heavy atom. The summed E-state index contributed by atoms with van der Waals surface area (Å²) >= 11 is 0. The summed E-state index contributed by atoms with van der Waals surface area (Å²) in [5, 5.41) is 7.54. The number of hydrogen-bond donors (Lipinski definition) is 1. The molecule has 0 bridgehead atoms. The van der Waals surface area contributed by atoms with Gasteiger partial charge in [-0.05, 0) is 39.5 Å². The molecule has 3 rings (SSSR count). The maximum absolute atomic E-state index is 12.8. The summed E-state index contributed by atoms with van der Waals surface area (Å²) in [4.78, 5) is 28.5. The second kappa shape index (κ2) is 6.20. The van der Waals surface area contributed by atoms with Gasteiger partial charge in [-0.25, -0.2) is 9.64 Å². The van der Waals surface area contributed by atoms with Gasteiger partial charge in [-0.15, -0.1) is 0 Å². The molecule has 1 N–H and O–H groups in total. The van der Waals surface area contributed by atoms with Gasteiger partial charge in [-0.2, -0.15) is 5.10 Å². The zero-order valence-electron chi connectivity index (χ0n) is 17.6. The summed E-state index contributed by atoms with van der Waals surface area (Å²) < 4.78 is 7.03. The predicted octanol–water partition coefficient (Wildman–Crippen LogP) is 4.00. The summed E-state index contributed by atoms with van der Waals surface area (Å²) in [6.07, 6.45) is 2.73. The molecule has 2 aliphatic rings. The van der Waals surface area contributed by atoms with Crippen LogP contribution in [0.2, 0.25) is 0 Å². The number of Topliss-reactive ketones (excluding diaryl/α,β-unsaturated/α-hetero) is 1. The number of aryl methyl sites for hydroxylation is 1. The number of rotatable bonds is 1. The highest BCUT2D eigenvalue weighted by Gasteiger charge is 2.55. The number of aromatic nitrogens is 2. The average Bonchev–Trinajstić information content (AvgIpc) is 2.87. The van der Waals surface area contributed by atoms with E-state index < -0.39 is 22.5 Å². The first-order valence-corrected chi connectivity index (χ1v) is 9.52. The first-order chi connectivity index (χ1) is 12.8. The van der Waals surface area contributed by atoms with E-state index in [1.807, 2.05) is 41.5 Å². The standard InChI is InChI=1S/C21H28N4O3/c1-19(2,3)28-18(27)23-17-12-9-10-14-20(4,5)16(26)13(22-7)11-21(14,6)15(12)24-25(17)8/h11,14H,9-10H2,1-6,8H3,(H,23,27)/t14-,21-/m0/s1. The molecular formula is C21H28N4O3. The van der Waals surface area contributed by atoms with E-state index in [9.17, 15) is 9.59 Å². The zero-order chi connectivity index (χ0) is 21.1. The first kappa shape index (κ1) is 20.1. The molecule has 2 atom stereocenters. The minimum absolute atomic E-state index is 0.0368. The third-order valence-electron chi connectivity index (χ3n) is 5.93. The molecule has 0 radical (unpaired) electrons. The third kappa shape index (κ3) is 3.01. The molecule has 0 saturated heterocycles. The molecule has 150 valence electrons. The van der Waals surface area contributed by atoms with Crippen molar-refractivity contribution in [3.63, 3.8) is 0 Å². The van der Waals surface area contributed by atoms with Gasteiger partial charge in [0, 0.05) is 23.4 Å². The van der Waals surface area contributed by atoms with Crippen molar-refractivity contribution >= 4 is 17.7 Å². The van der Waals surface area contributed by atoms with Gasteiger partial charge < -0.3 is 9.53 Å². The van der Waals surface area contributed by atoms with E-state index in [1.165, 1.54) is 0 Å². The number of carbonyl (C=O) groups excluding carboxylic acids is 2. The monoisotopic (exact) mass is 384 g/mol. The summed E-state index contributed by atoms with van der Waals surface area (Å²) in [5.74, 6) is 0.544.